The number of hydrogen-bond acceptors (Lipinski definition) is 7. The number of hydrogen-bond donors (Lipinski definition) is 3. The van der Waals surface area contributed by atoms with Crippen LogP contribution in [0, 0.1) is 28.6 Å². The monoisotopic (exact) mass is 464 g/mol. The second-order valence-electron chi connectivity index (χ2n) is 11.4. The molecule has 0 bridgehead atoms. The fourth-order valence-corrected chi connectivity index (χ4v) is 8.19. The van der Waals surface area contributed by atoms with Crippen LogP contribution in [0.1, 0.15) is 65.7 Å². The number of aliphatic hydroxyl groups excluding tert-OH is 1. The molecule has 0 radical (unpaired) electrons. The highest BCUT2D eigenvalue weighted by atomic mass is 16.7. The molecule has 0 amide bonds. The number of allylic oxidation sites excluding steroid dienone is 1. The maximum Gasteiger partial charge on any atom is 0.169 e. The number of nitrogens with one attached hydrogen (secondary N) is 1. The topological polar surface area (TPSA) is 92.5 Å². The van der Waals surface area contributed by atoms with Crippen LogP contribution in [0.2, 0.25) is 0 Å². The summed E-state index contributed by atoms with van der Waals surface area (Å²) in [5.41, 5.74) is 0.854. The molecule has 0 spiro atoms. The van der Waals surface area contributed by atoms with Crippen molar-refractivity contribution < 1.29 is 24.5 Å². The van der Waals surface area contributed by atoms with E-state index in [9.17, 15) is 10.2 Å². The molecule has 3 saturated carbocycles. The molecule has 188 valence electrons. The van der Waals surface area contributed by atoms with Crippen LogP contribution in [-0.2, 0) is 14.3 Å². The van der Waals surface area contributed by atoms with E-state index in [0.717, 1.165) is 56.2 Å². The number of rotatable bonds is 7. The molecule has 4 rings (SSSR count). The Bertz CT molecular complexity index is 783. The standard InChI is InChI=1S/C26H44N2O5/c1-16(27-15-23(31-4)32-5)18-10-12-26(30)21-13-22(28-33-6)20-8-7-17(29)14-24(20,2)19(21)9-11-25(18,26)3/h13,16-20,23,27,29-30H,7-12,14-15H2,1-6H3/b28-22+/t16?,17?,18?,19?,20?,24?,25?,26-/m1/s1. The molecular formula is C26H44N2O5. The predicted octanol–water partition coefficient (Wildman–Crippen LogP) is 3.25. The summed E-state index contributed by atoms with van der Waals surface area (Å²) in [6, 6.07) is 0.226. The first kappa shape index (κ1) is 25.1. The average Bonchev–Trinajstić information content (AvgIpc) is 3.05. The Morgan fingerprint density at radius 3 is 2.48 bits per heavy atom. The Hall–Kier alpha value is -0.990. The van der Waals surface area contributed by atoms with Crippen molar-refractivity contribution in [3.63, 3.8) is 0 Å². The highest BCUT2D eigenvalue weighted by Crippen LogP contribution is 2.67. The van der Waals surface area contributed by atoms with Crippen molar-refractivity contribution in [3.05, 3.63) is 11.6 Å². The summed E-state index contributed by atoms with van der Waals surface area (Å²) >= 11 is 0. The zero-order valence-electron chi connectivity index (χ0n) is 21.3. The largest absolute Gasteiger partial charge is 0.399 e. The summed E-state index contributed by atoms with van der Waals surface area (Å²) in [4.78, 5) is 5.25. The minimum atomic E-state index is -0.872. The van der Waals surface area contributed by atoms with E-state index >= 15 is 0 Å². The molecule has 0 saturated heterocycles. The lowest BCUT2D eigenvalue weighted by Crippen LogP contribution is -2.60. The zero-order valence-corrected chi connectivity index (χ0v) is 21.3. The lowest BCUT2D eigenvalue weighted by molar-refractivity contribution is -0.111. The van der Waals surface area contributed by atoms with Gasteiger partial charge in [0.25, 0.3) is 0 Å². The number of aliphatic hydroxyl groups is 2. The number of oxime groups is 1. The van der Waals surface area contributed by atoms with Crippen LogP contribution in [0.4, 0.5) is 0 Å². The van der Waals surface area contributed by atoms with E-state index in [1.54, 1.807) is 21.3 Å². The summed E-state index contributed by atoms with van der Waals surface area (Å²) in [7, 11) is 4.91. The Balaban J connectivity index is 1.66. The summed E-state index contributed by atoms with van der Waals surface area (Å²) in [6.07, 6.45) is 7.82. The number of fused-ring (bicyclic) bond motifs is 5. The molecule has 8 atom stereocenters. The van der Waals surface area contributed by atoms with Gasteiger partial charge in [0, 0.05) is 38.1 Å². The van der Waals surface area contributed by atoms with Crippen molar-refractivity contribution in [1.29, 1.82) is 0 Å². The first-order valence-corrected chi connectivity index (χ1v) is 12.7. The fraction of sp³-hybridized carbons (Fsp3) is 0.885. The molecule has 33 heavy (non-hydrogen) atoms. The third-order valence-corrected chi connectivity index (χ3v) is 10.0. The van der Waals surface area contributed by atoms with Crippen molar-refractivity contribution in [2.75, 3.05) is 27.9 Å². The van der Waals surface area contributed by atoms with Gasteiger partial charge in [0.15, 0.2) is 6.29 Å². The average molecular weight is 465 g/mol. The van der Waals surface area contributed by atoms with E-state index in [1.807, 2.05) is 0 Å². The molecule has 4 aliphatic rings. The highest BCUT2D eigenvalue weighted by molar-refractivity contribution is 5.99. The third kappa shape index (κ3) is 3.88. The predicted molar refractivity (Wildman–Crippen MR) is 128 cm³/mol. The van der Waals surface area contributed by atoms with Gasteiger partial charge >= 0.3 is 0 Å². The third-order valence-electron chi connectivity index (χ3n) is 10.0. The maximum absolute atomic E-state index is 12.4. The van der Waals surface area contributed by atoms with Crippen LogP contribution in [-0.4, -0.2) is 67.8 Å². The second kappa shape index (κ2) is 9.23. The Kier molecular flexibility index (Phi) is 7.02. The molecule has 0 aromatic rings. The van der Waals surface area contributed by atoms with Crippen molar-refractivity contribution in [3.8, 4) is 0 Å². The minimum Gasteiger partial charge on any atom is -0.399 e. The SMILES string of the molecule is CO/N=C1\C=C2C(CCC3(C)C(C(C)NCC(OC)OC)CC[C@@]23O)C2(C)CC(O)CCC12. The summed E-state index contributed by atoms with van der Waals surface area (Å²) in [6.45, 7) is 7.42. The maximum atomic E-state index is 12.4. The molecule has 0 aliphatic heterocycles. The van der Waals surface area contributed by atoms with E-state index in [1.165, 1.54) is 0 Å². The molecule has 0 aromatic heterocycles. The molecule has 0 aromatic carbocycles. The van der Waals surface area contributed by atoms with Gasteiger partial charge in [0.05, 0.1) is 17.4 Å². The van der Waals surface area contributed by atoms with Crippen LogP contribution in [0.25, 0.3) is 0 Å². The van der Waals surface area contributed by atoms with Crippen molar-refractivity contribution in [2.24, 2.45) is 33.7 Å². The van der Waals surface area contributed by atoms with Gasteiger partial charge in [0.1, 0.15) is 7.11 Å². The van der Waals surface area contributed by atoms with Gasteiger partial charge in [-0.05, 0) is 80.8 Å². The molecule has 3 fully saturated rings. The summed E-state index contributed by atoms with van der Waals surface area (Å²) in [5.74, 6) is 0.865. The van der Waals surface area contributed by atoms with Crippen LogP contribution in [0.15, 0.2) is 16.8 Å². The molecule has 7 nitrogen and oxygen atoms in total. The smallest absolute Gasteiger partial charge is 0.169 e. The van der Waals surface area contributed by atoms with Crippen molar-refractivity contribution in [2.45, 2.75) is 89.8 Å². The van der Waals surface area contributed by atoms with Gasteiger partial charge in [-0.2, -0.15) is 0 Å². The summed E-state index contributed by atoms with van der Waals surface area (Å²) < 4.78 is 10.7. The van der Waals surface area contributed by atoms with E-state index in [2.05, 4.69) is 37.3 Å². The number of methoxy groups -OCH3 is 2. The van der Waals surface area contributed by atoms with E-state index in [4.69, 9.17) is 14.3 Å². The Labute approximate surface area is 198 Å². The van der Waals surface area contributed by atoms with Crippen LogP contribution in [0.5, 0.6) is 0 Å². The Morgan fingerprint density at radius 2 is 1.82 bits per heavy atom. The quantitative estimate of drug-likeness (QED) is 0.396. The molecule has 0 heterocycles. The Morgan fingerprint density at radius 1 is 1.09 bits per heavy atom. The number of nitrogens with zero attached hydrogens (tertiary/aromatic N) is 1. The highest BCUT2D eigenvalue weighted by Gasteiger charge is 2.66. The fourth-order valence-electron chi connectivity index (χ4n) is 8.19. The first-order valence-electron chi connectivity index (χ1n) is 12.7. The molecule has 7 unspecified atom stereocenters. The molecular weight excluding hydrogens is 420 g/mol. The number of ether oxygens (including phenoxy) is 2. The van der Waals surface area contributed by atoms with Gasteiger partial charge in [0.2, 0.25) is 0 Å². The van der Waals surface area contributed by atoms with Gasteiger partial charge in [-0.15, -0.1) is 0 Å². The van der Waals surface area contributed by atoms with Crippen molar-refractivity contribution >= 4 is 5.71 Å². The molecule has 3 N–H and O–H groups in total. The van der Waals surface area contributed by atoms with E-state index < -0.39 is 5.60 Å². The first-order chi connectivity index (χ1) is 15.6. The minimum absolute atomic E-state index is 0.109. The second-order valence-corrected chi connectivity index (χ2v) is 11.4. The normalized spacial score (nSPS) is 44.8. The van der Waals surface area contributed by atoms with Crippen LogP contribution in [0.3, 0.4) is 0 Å². The van der Waals surface area contributed by atoms with E-state index in [-0.39, 0.29) is 41.1 Å². The zero-order chi connectivity index (χ0) is 24.0. The molecule has 7 heteroatoms. The van der Waals surface area contributed by atoms with Crippen molar-refractivity contribution in [1.82, 2.24) is 5.32 Å². The summed E-state index contributed by atoms with van der Waals surface area (Å²) in [5, 5.41) is 31.0. The van der Waals surface area contributed by atoms with Crippen LogP contribution < -0.4 is 5.32 Å². The van der Waals surface area contributed by atoms with E-state index in [0.29, 0.717) is 12.5 Å². The van der Waals surface area contributed by atoms with Gasteiger partial charge < -0.3 is 29.8 Å². The van der Waals surface area contributed by atoms with Gasteiger partial charge in [-0.25, -0.2) is 0 Å². The molecule has 4 aliphatic carbocycles. The van der Waals surface area contributed by atoms with Gasteiger partial charge in [-0.1, -0.05) is 19.0 Å². The lowest BCUT2D eigenvalue weighted by Gasteiger charge is -2.60. The van der Waals surface area contributed by atoms with Gasteiger partial charge in [-0.3, -0.25) is 0 Å². The lowest BCUT2D eigenvalue weighted by atomic mass is 9.46. The van der Waals surface area contributed by atoms with Crippen LogP contribution >= 0.6 is 0 Å².